The molecule has 1 fully saturated rings. The molecule has 0 aliphatic carbocycles. The van der Waals surface area contributed by atoms with Gasteiger partial charge >= 0.3 is 0 Å². The van der Waals surface area contributed by atoms with Crippen molar-refractivity contribution in [2.45, 2.75) is 19.4 Å². The number of likely N-dealkylation sites (tertiary alicyclic amines) is 1. The molecule has 3 aromatic heterocycles. The van der Waals surface area contributed by atoms with Crippen LogP contribution in [0.2, 0.25) is 0 Å². The number of fused-ring (bicyclic) bond motifs is 1. The van der Waals surface area contributed by atoms with Gasteiger partial charge in [0.1, 0.15) is 11.3 Å². The second-order valence-corrected chi connectivity index (χ2v) is 10.1. The molecule has 1 unspecified atom stereocenters. The van der Waals surface area contributed by atoms with Crippen molar-refractivity contribution in [3.63, 3.8) is 0 Å². The van der Waals surface area contributed by atoms with Gasteiger partial charge in [-0.15, -0.1) is 0 Å². The van der Waals surface area contributed by atoms with Crippen molar-refractivity contribution >= 4 is 17.0 Å². The highest BCUT2D eigenvalue weighted by Crippen LogP contribution is 2.32. The maximum atomic E-state index is 6.31. The van der Waals surface area contributed by atoms with Crippen LogP contribution in [0.15, 0.2) is 85.1 Å². The zero-order valence-corrected chi connectivity index (χ0v) is 21.7. The minimum atomic E-state index is 0.450. The fourth-order valence-corrected chi connectivity index (χ4v) is 5.41. The van der Waals surface area contributed by atoms with Crippen LogP contribution in [0, 0.1) is 5.92 Å². The molecule has 3 N–H and O–H groups in total. The summed E-state index contributed by atoms with van der Waals surface area (Å²) in [6, 6.07) is 26.9. The Morgan fingerprint density at radius 3 is 2.58 bits per heavy atom. The van der Waals surface area contributed by atoms with E-state index in [1.807, 2.05) is 49.5 Å². The van der Waals surface area contributed by atoms with Gasteiger partial charge in [0, 0.05) is 30.5 Å². The Kier molecular flexibility index (Phi) is 6.86. The summed E-state index contributed by atoms with van der Waals surface area (Å²) in [4.78, 5) is 16.9. The zero-order chi connectivity index (χ0) is 25.9. The van der Waals surface area contributed by atoms with Crippen LogP contribution >= 0.6 is 0 Å². The predicted molar refractivity (Wildman–Crippen MR) is 154 cm³/mol. The number of hydrogen-bond acceptors (Lipinski definition) is 6. The molecule has 1 atom stereocenters. The fraction of sp³-hybridized carbons (Fsp3) is 0.258. The van der Waals surface area contributed by atoms with E-state index in [1.165, 1.54) is 31.5 Å². The molecule has 6 rings (SSSR count). The summed E-state index contributed by atoms with van der Waals surface area (Å²) in [5, 5.41) is 3.28. The summed E-state index contributed by atoms with van der Waals surface area (Å²) in [6.45, 7) is 4.40. The van der Waals surface area contributed by atoms with E-state index >= 15 is 0 Å². The van der Waals surface area contributed by atoms with Crippen molar-refractivity contribution in [3.05, 3.63) is 90.6 Å². The third-order valence-electron chi connectivity index (χ3n) is 7.43. The SMILES string of the molecule is CNCCC1CCN(Cc2ccc(-n3c(-c4cccnc4N)nc4ccc(-c5ccccc5)nc43)cc2)C1. The third-order valence-corrected chi connectivity index (χ3v) is 7.43. The van der Waals surface area contributed by atoms with Crippen LogP contribution in [0.4, 0.5) is 5.82 Å². The van der Waals surface area contributed by atoms with Crippen molar-refractivity contribution in [2.75, 3.05) is 32.4 Å². The molecule has 7 nitrogen and oxygen atoms in total. The Morgan fingerprint density at radius 1 is 0.947 bits per heavy atom. The zero-order valence-electron chi connectivity index (χ0n) is 21.7. The van der Waals surface area contributed by atoms with Crippen LogP contribution in [-0.4, -0.2) is 51.1 Å². The molecule has 0 bridgehead atoms. The lowest BCUT2D eigenvalue weighted by Crippen LogP contribution is -2.21. The first-order valence-electron chi connectivity index (χ1n) is 13.3. The van der Waals surface area contributed by atoms with E-state index in [-0.39, 0.29) is 0 Å². The fourth-order valence-electron chi connectivity index (χ4n) is 5.41. The van der Waals surface area contributed by atoms with Gasteiger partial charge in [-0.3, -0.25) is 9.47 Å². The van der Waals surface area contributed by atoms with Crippen LogP contribution in [0.1, 0.15) is 18.4 Å². The first-order valence-corrected chi connectivity index (χ1v) is 13.3. The summed E-state index contributed by atoms with van der Waals surface area (Å²) in [5.41, 5.74) is 13.0. The molecule has 0 radical (unpaired) electrons. The largest absolute Gasteiger partial charge is 0.383 e. The van der Waals surface area contributed by atoms with Crippen molar-refractivity contribution in [2.24, 2.45) is 5.92 Å². The van der Waals surface area contributed by atoms with E-state index in [1.54, 1.807) is 6.20 Å². The van der Waals surface area contributed by atoms with Crippen LogP contribution in [0.5, 0.6) is 0 Å². The standard InChI is InChI=1S/C31H33N7/c1-33-18-15-23-16-19-37(21-23)20-22-9-11-25(12-10-22)38-30(26-8-5-17-34-29(26)32)36-28-14-13-27(35-31(28)38)24-6-3-2-4-7-24/h2-14,17,23,33H,15-16,18-21H2,1H3,(H2,32,34). The van der Waals surface area contributed by atoms with Crippen molar-refractivity contribution in [1.82, 2.24) is 29.7 Å². The number of benzene rings is 2. The van der Waals surface area contributed by atoms with Gasteiger partial charge in [0.2, 0.25) is 0 Å². The number of rotatable bonds is 8. The Hall–Kier alpha value is -4.07. The molecule has 38 heavy (non-hydrogen) atoms. The lowest BCUT2D eigenvalue weighted by molar-refractivity contribution is 0.313. The number of nitrogen functional groups attached to an aromatic ring is 1. The number of nitrogens with one attached hydrogen (secondary N) is 1. The summed E-state index contributed by atoms with van der Waals surface area (Å²) < 4.78 is 2.10. The summed E-state index contributed by atoms with van der Waals surface area (Å²) in [6.07, 6.45) is 4.23. The van der Waals surface area contributed by atoms with Crippen LogP contribution in [0.25, 0.3) is 39.5 Å². The highest BCUT2D eigenvalue weighted by molar-refractivity contribution is 5.84. The molecule has 2 aromatic carbocycles. The first kappa shape index (κ1) is 24.3. The maximum absolute atomic E-state index is 6.31. The molecule has 1 aliphatic rings. The second-order valence-electron chi connectivity index (χ2n) is 10.1. The van der Waals surface area contributed by atoms with Gasteiger partial charge < -0.3 is 11.1 Å². The Balaban J connectivity index is 1.36. The summed E-state index contributed by atoms with van der Waals surface area (Å²) >= 11 is 0. The molecule has 7 heteroatoms. The number of anilines is 1. The van der Waals surface area contributed by atoms with E-state index in [4.69, 9.17) is 15.7 Å². The Morgan fingerprint density at radius 2 is 1.79 bits per heavy atom. The van der Waals surface area contributed by atoms with Gasteiger partial charge in [-0.05, 0) is 80.9 Å². The van der Waals surface area contributed by atoms with Crippen LogP contribution < -0.4 is 11.1 Å². The minimum absolute atomic E-state index is 0.450. The number of aromatic nitrogens is 4. The lowest BCUT2D eigenvalue weighted by atomic mass is 10.1. The Labute approximate surface area is 223 Å². The van der Waals surface area contributed by atoms with Crippen molar-refractivity contribution < 1.29 is 0 Å². The van der Waals surface area contributed by atoms with Crippen LogP contribution in [0.3, 0.4) is 0 Å². The highest BCUT2D eigenvalue weighted by atomic mass is 15.2. The van der Waals surface area contributed by atoms with Gasteiger partial charge in [0.25, 0.3) is 0 Å². The average molecular weight is 504 g/mol. The molecule has 0 spiro atoms. The maximum Gasteiger partial charge on any atom is 0.165 e. The van der Waals surface area contributed by atoms with E-state index in [0.717, 1.165) is 58.5 Å². The average Bonchev–Trinajstić information content (AvgIpc) is 3.57. The van der Waals surface area contributed by atoms with Crippen molar-refractivity contribution in [1.29, 1.82) is 0 Å². The number of nitrogens with zero attached hydrogens (tertiary/aromatic N) is 5. The van der Waals surface area contributed by atoms with E-state index < -0.39 is 0 Å². The molecule has 5 aromatic rings. The summed E-state index contributed by atoms with van der Waals surface area (Å²) in [5.74, 6) is 1.98. The monoisotopic (exact) mass is 503 g/mol. The quantitative estimate of drug-likeness (QED) is 0.304. The van der Waals surface area contributed by atoms with Gasteiger partial charge in [-0.1, -0.05) is 42.5 Å². The number of hydrogen-bond donors (Lipinski definition) is 2. The first-order chi connectivity index (χ1) is 18.7. The molecule has 1 aliphatic heterocycles. The summed E-state index contributed by atoms with van der Waals surface area (Å²) in [7, 11) is 2.03. The normalized spacial score (nSPS) is 15.9. The van der Waals surface area contributed by atoms with Crippen molar-refractivity contribution in [3.8, 4) is 28.3 Å². The van der Waals surface area contributed by atoms with E-state index in [2.05, 4.69) is 56.2 Å². The van der Waals surface area contributed by atoms with Crippen LogP contribution in [-0.2, 0) is 6.54 Å². The smallest absolute Gasteiger partial charge is 0.165 e. The molecule has 0 amide bonds. The van der Waals surface area contributed by atoms with Gasteiger partial charge in [-0.25, -0.2) is 15.0 Å². The molecular formula is C31H33N7. The van der Waals surface area contributed by atoms with E-state index in [0.29, 0.717) is 5.82 Å². The number of nitrogens with two attached hydrogens (primary N) is 1. The van der Waals surface area contributed by atoms with Gasteiger partial charge in [0.05, 0.1) is 11.3 Å². The van der Waals surface area contributed by atoms with Gasteiger partial charge in [-0.2, -0.15) is 0 Å². The molecular weight excluding hydrogens is 470 g/mol. The minimum Gasteiger partial charge on any atom is -0.383 e. The van der Waals surface area contributed by atoms with Gasteiger partial charge in [0.15, 0.2) is 11.5 Å². The molecule has 192 valence electrons. The topological polar surface area (TPSA) is 84.9 Å². The lowest BCUT2D eigenvalue weighted by Gasteiger charge is -2.17. The molecule has 4 heterocycles. The number of imidazole rings is 1. The molecule has 0 saturated carbocycles. The molecule has 1 saturated heterocycles. The second kappa shape index (κ2) is 10.7. The third kappa shape index (κ3) is 4.90. The highest BCUT2D eigenvalue weighted by Gasteiger charge is 2.22. The predicted octanol–water partition coefficient (Wildman–Crippen LogP) is 5.16. The Bertz CT molecular complexity index is 1530. The van der Waals surface area contributed by atoms with E-state index in [9.17, 15) is 0 Å². The number of pyridine rings is 2.